The molecule has 0 unspecified atom stereocenters. The molecule has 4 N–H and O–H groups in total. The van der Waals surface area contributed by atoms with Crippen molar-refractivity contribution in [2.24, 2.45) is 11.3 Å². The van der Waals surface area contributed by atoms with Crippen LogP contribution in [0.1, 0.15) is 48.7 Å². The summed E-state index contributed by atoms with van der Waals surface area (Å²) in [5.74, 6) is 5.80. The van der Waals surface area contributed by atoms with Gasteiger partial charge in [-0.15, -0.1) is 0 Å². The van der Waals surface area contributed by atoms with Gasteiger partial charge in [0, 0.05) is 17.8 Å². The van der Waals surface area contributed by atoms with Gasteiger partial charge in [0.25, 0.3) is 5.91 Å². The van der Waals surface area contributed by atoms with E-state index in [0.717, 1.165) is 12.2 Å². The summed E-state index contributed by atoms with van der Waals surface area (Å²) >= 11 is 0. The molecule has 1 heterocycles. The maximum Gasteiger partial charge on any atom is 0.251 e. The Bertz CT molecular complexity index is 469. The van der Waals surface area contributed by atoms with Gasteiger partial charge in [-0.25, -0.2) is 10.8 Å². The van der Waals surface area contributed by atoms with Crippen LogP contribution < -0.4 is 16.6 Å². The Balaban J connectivity index is 1.98. The van der Waals surface area contributed by atoms with Crippen molar-refractivity contribution in [2.75, 3.05) is 12.0 Å². The molecule has 0 aromatic carbocycles. The first-order chi connectivity index (χ1) is 9.08. The molecule has 2 rings (SSSR count). The molecule has 0 radical (unpaired) electrons. The molecule has 1 aliphatic rings. The van der Waals surface area contributed by atoms with Crippen LogP contribution in [0.2, 0.25) is 0 Å². The lowest BCUT2D eigenvalue weighted by molar-refractivity contribution is 0.0943. The third-order valence-electron chi connectivity index (χ3n) is 3.72. The van der Waals surface area contributed by atoms with Gasteiger partial charge in [0.1, 0.15) is 5.82 Å². The van der Waals surface area contributed by atoms with Gasteiger partial charge in [0.2, 0.25) is 0 Å². The Morgan fingerprint density at radius 1 is 1.47 bits per heavy atom. The molecule has 0 atom stereocenters. The van der Waals surface area contributed by atoms with E-state index in [-0.39, 0.29) is 5.91 Å². The zero-order chi connectivity index (χ0) is 13.9. The van der Waals surface area contributed by atoms with Crippen molar-refractivity contribution in [3.8, 4) is 0 Å². The number of aromatic nitrogens is 1. The van der Waals surface area contributed by atoms with E-state index in [1.54, 1.807) is 12.1 Å². The number of nitrogen functional groups attached to an aromatic ring is 1. The molecular weight excluding hydrogens is 240 g/mol. The van der Waals surface area contributed by atoms with Crippen LogP contribution in [-0.4, -0.2) is 17.4 Å². The van der Waals surface area contributed by atoms with Gasteiger partial charge in [-0.2, -0.15) is 0 Å². The van der Waals surface area contributed by atoms with Crippen LogP contribution in [0.4, 0.5) is 5.82 Å². The molecule has 0 saturated heterocycles. The zero-order valence-electron chi connectivity index (χ0n) is 11.6. The lowest BCUT2D eigenvalue weighted by Gasteiger charge is -2.15. The molecule has 0 aliphatic heterocycles. The summed E-state index contributed by atoms with van der Waals surface area (Å²) in [5.41, 5.74) is 4.22. The highest BCUT2D eigenvalue weighted by Crippen LogP contribution is 2.48. The molecule has 5 heteroatoms. The quantitative estimate of drug-likeness (QED) is 0.541. The van der Waals surface area contributed by atoms with Gasteiger partial charge in [-0.1, -0.05) is 13.3 Å². The molecule has 0 spiro atoms. The van der Waals surface area contributed by atoms with E-state index >= 15 is 0 Å². The SMILES string of the molecule is CCCC1(CNC(=O)c2cc(C)nc(NN)c2)CC1. The van der Waals surface area contributed by atoms with Crippen molar-refractivity contribution in [3.63, 3.8) is 0 Å². The number of amides is 1. The normalized spacial score (nSPS) is 15.9. The number of pyridine rings is 1. The van der Waals surface area contributed by atoms with E-state index in [2.05, 4.69) is 22.7 Å². The first kappa shape index (κ1) is 13.8. The summed E-state index contributed by atoms with van der Waals surface area (Å²) in [6.07, 6.45) is 4.82. The molecule has 1 aliphatic carbocycles. The lowest BCUT2D eigenvalue weighted by Crippen LogP contribution is -2.30. The Morgan fingerprint density at radius 3 is 2.79 bits per heavy atom. The molecule has 1 saturated carbocycles. The minimum Gasteiger partial charge on any atom is -0.351 e. The van der Waals surface area contributed by atoms with Gasteiger partial charge >= 0.3 is 0 Å². The van der Waals surface area contributed by atoms with Crippen LogP contribution >= 0.6 is 0 Å². The second-order valence-corrected chi connectivity index (χ2v) is 5.46. The molecule has 1 aromatic rings. The van der Waals surface area contributed by atoms with E-state index in [1.807, 2.05) is 6.92 Å². The molecule has 19 heavy (non-hydrogen) atoms. The monoisotopic (exact) mass is 262 g/mol. The molecule has 1 fully saturated rings. The number of hydrazine groups is 1. The first-order valence-electron chi connectivity index (χ1n) is 6.82. The summed E-state index contributed by atoms with van der Waals surface area (Å²) in [5, 5.41) is 3.03. The number of hydrogen-bond donors (Lipinski definition) is 3. The molecule has 1 aromatic heterocycles. The third-order valence-corrected chi connectivity index (χ3v) is 3.72. The van der Waals surface area contributed by atoms with Crippen LogP contribution in [-0.2, 0) is 0 Å². The van der Waals surface area contributed by atoms with Crippen molar-refractivity contribution in [1.29, 1.82) is 0 Å². The second kappa shape index (κ2) is 5.57. The van der Waals surface area contributed by atoms with Crippen molar-refractivity contribution < 1.29 is 4.79 Å². The van der Waals surface area contributed by atoms with E-state index < -0.39 is 0 Å². The van der Waals surface area contributed by atoms with Crippen molar-refractivity contribution in [1.82, 2.24) is 10.3 Å². The number of nitrogens with two attached hydrogens (primary N) is 1. The molecule has 5 nitrogen and oxygen atoms in total. The molecule has 1 amide bonds. The number of carbonyl (C=O) groups excluding carboxylic acids is 1. The fourth-order valence-corrected chi connectivity index (χ4v) is 2.47. The summed E-state index contributed by atoms with van der Waals surface area (Å²) in [7, 11) is 0. The fraction of sp³-hybridized carbons (Fsp3) is 0.571. The number of aryl methyl sites for hydroxylation is 1. The Kier molecular flexibility index (Phi) is 4.04. The van der Waals surface area contributed by atoms with E-state index in [1.165, 1.54) is 25.7 Å². The minimum absolute atomic E-state index is 0.0515. The first-order valence-corrected chi connectivity index (χ1v) is 6.82. The fourth-order valence-electron chi connectivity index (χ4n) is 2.47. The van der Waals surface area contributed by atoms with Gasteiger partial charge in [-0.05, 0) is 43.7 Å². The highest BCUT2D eigenvalue weighted by atomic mass is 16.1. The average Bonchev–Trinajstić information content (AvgIpc) is 3.16. The van der Waals surface area contributed by atoms with E-state index in [9.17, 15) is 4.79 Å². The van der Waals surface area contributed by atoms with Crippen molar-refractivity contribution in [3.05, 3.63) is 23.4 Å². The number of carbonyl (C=O) groups is 1. The largest absolute Gasteiger partial charge is 0.351 e. The maximum absolute atomic E-state index is 12.1. The zero-order valence-corrected chi connectivity index (χ0v) is 11.6. The Morgan fingerprint density at radius 2 is 2.21 bits per heavy atom. The van der Waals surface area contributed by atoms with Gasteiger partial charge in [0.15, 0.2) is 0 Å². The van der Waals surface area contributed by atoms with E-state index in [0.29, 0.717) is 16.8 Å². The minimum atomic E-state index is -0.0515. The topological polar surface area (TPSA) is 80.0 Å². The number of rotatable bonds is 6. The molecule has 0 bridgehead atoms. The molecular formula is C14H22N4O. The van der Waals surface area contributed by atoms with Gasteiger partial charge in [-0.3, -0.25) is 4.79 Å². The summed E-state index contributed by atoms with van der Waals surface area (Å²) in [6.45, 7) is 4.80. The maximum atomic E-state index is 12.1. The lowest BCUT2D eigenvalue weighted by atomic mass is 10.0. The second-order valence-electron chi connectivity index (χ2n) is 5.46. The van der Waals surface area contributed by atoms with Crippen molar-refractivity contribution >= 4 is 11.7 Å². The average molecular weight is 262 g/mol. The van der Waals surface area contributed by atoms with Crippen LogP contribution in [0, 0.1) is 12.3 Å². The summed E-state index contributed by atoms with van der Waals surface area (Å²) in [6, 6.07) is 3.44. The number of hydrogen-bond acceptors (Lipinski definition) is 4. The summed E-state index contributed by atoms with van der Waals surface area (Å²) < 4.78 is 0. The predicted octanol–water partition coefficient (Wildman–Crippen LogP) is 1.99. The third kappa shape index (κ3) is 3.44. The van der Waals surface area contributed by atoms with Gasteiger partial charge < -0.3 is 10.7 Å². The Hall–Kier alpha value is -1.62. The van der Waals surface area contributed by atoms with Crippen LogP contribution in [0.15, 0.2) is 12.1 Å². The number of nitrogens with zero attached hydrogens (tertiary/aromatic N) is 1. The smallest absolute Gasteiger partial charge is 0.251 e. The number of anilines is 1. The van der Waals surface area contributed by atoms with Crippen molar-refractivity contribution in [2.45, 2.75) is 39.5 Å². The van der Waals surface area contributed by atoms with Crippen LogP contribution in [0.3, 0.4) is 0 Å². The summed E-state index contributed by atoms with van der Waals surface area (Å²) in [4.78, 5) is 16.3. The van der Waals surface area contributed by atoms with Crippen LogP contribution in [0.25, 0.3) is 0 Å². The Labute approximate surface area is 114 Å². The number of nitrogens with one attached hydrogen (secondary N) is 2. The standard InChI is InChI=1S/C14H22N4O/c1-3-4-14(5-6-14)9-16-13(19)11-7-10(2)17-12(8-11)18-15/h7-8H,3-6,9,15H2,1-2H3,(H,16,19)(H,17,18). The van der Waals surface area contributed by atoms with Crippen LogP contribution in [0.5, 0.6) is 0 Å². The molecule has 104 valence electrons. The predicted molar refractivity (Wildman–Crippen MR) is 75.7 cm³/mol. The highest BCUT2D eigenvalue weighted by molar-refractivity contribution is 5.95. The van der Waals surface area contributed by atoms with Gasteiger partial charge in [0.05, 0.1) is 0 Å². The van der Waals surface area contributed by atoms with E-state index in [4.69, 9.17) is 5.84 Å². The highest BCUT2D eigenvalue weighted by Gasteiger charge is 2.41.